The lowest BCUT2D eigenvalue weighted by molar-refractivity contribution is 0.173. The number of ether oxygens (including phenoxy) is 3. The lowest BCUT2D eigenvalue weighted by Gasteiger charge is -2.18. The van der Waals surface area contributed by atoms with Crippen LogP contribution in [0.4, 0.5) is 0 Å². The van der Waals surface area contributed by atoms with Gasteiger partial charge in [0.2, 0.25) is 6.79 Å². The van der Waals surface area contributed by atoms with Gasteiger partial charge in [0.15, 0.2) is 11.5 Å². The minimum Gasteiger partial charge on any atom is -0.490 e. The van der Waals surface area contributed by atoms with Gasteiger partial charge in [-0.15, -0.1) is 0 Å². The van der Waals surface area contributed by atoms with E-state index in [1.165, 1.54) is 0 Å². The van der Waals surface area contributed by atoms with E-state index < -0.39 is 0 Å². The van der Waals surface area contributed by atoms with Crippen molar-refractivity contribution in [2.24, 2.45) is 0 Å². The van der Waals surface area contributed by atoms with E-state index in [-0.39, 0.29) is 6.10 Å². The summed E-state index contributed by atoms with van der Waals surface area (Å²) in [6.45, 7) is 8.52. The fraction of sp³-hybridized carbons (Fsp3) is 0.625. The third kappa shape index (κ3) is 3.79. The number of benzene rings is 1. The first-order valence-corrected chi connectivity index (χ1v) is 7.54. The van der Waals surface area contributed by atoms with Crippen LogP contribution in [-0.4, -0.2) is 19.4 Å². The van der Waals surface area contributed by atoms with Gasteiger partial charge in [-0.1, -0.05) is 20.3 Å². The topological polar surface area (TPSA) is 39.7 Å². The minimum atomic E-state index is 0.213. The number of fused-ring (bicyclic) bond motifs is 1. The van der Waals surface area contributed by atoms with Crippen molar-refractivity contribution in [3.05, 3.63) is 17.7 Å². The summed E-state index contributed by atoms with van der Waals surface area (Å²) < 4.78 is 17.0. The van der Waals surface area contributed by atoms with E-state index in [0.717, 1.165) is 55.2 Å². The second kappa shape index (κ2) is 7.39. The Bertz CT molecular complexity index is 434. The summed E-state index contributed by atoms with van der Waals surface area (Å²) >= 11 is 0. The van der Waals surface area contributed by atoms with Crippen LogP contribution in [0.15, 0.2) is 12.1 Å². The molecule has 0 aliphatic carbocycles. The molecular weight excluding hydrogens is 254 g/mol. The summed E-state index contributed by atoms with van der Waals surface area (Å²) in [7, 11) is 0. The number of rotatable bonds is 8. The predicted molar refractivity (Wildman–Crippen MR) is 79.6 cm³/mol. The molecule has 1 aromatic carbocycles. The van der Waals surface area contributed by atoms with Gasteiger partial charge in [-0.3, -0.25) is 0 Å². The normalized spacial score (nSPS) is 14.3. The average Bonchev–Trinajstić information content (AvgIpc) is 2.86. The first-order valence-electron chi connectivity index (χ1n) is 7.54. The molecule has 20 heavy (non-hydrogen) atoms. The van der Waals surface area contributed by atoms with Gasteiger partial charge in [0.25, 0.3) is 0 Å². The highest BCUT2D eigenvalue weighted by molar-refractivity contribution is 5.51. The fourth-order valence-corrected chi connectivity index (χ4v) is 2.30. The fourth-order valence-electron chi connectivity index (χ4n) is 2.30. The highest BCUT2D eigenvalue weighted by atomic mass is 16.7. The van der Waals surface area contributed by atoms with Crippen LogP contribution in [0.25, 0.3) is 0 Å². The highest BCUT2D eigenvalue weighted by Gasteiger charge is 2.19. The Morgan fingerprint density at radius 2 is 1.95 bits per heavy atom. The van der Waals surface area contributed by atoms with Crippen molar-refractivity contribution in [1.82, 2.24) is 5.32 Å². The van der Waals surface area contributed by atoms with E-state index >= 15 is 0 Å². The lowest BCUT2D eigenvalue weighted by atomic mass is 10.1. The van der Waals surface area contributed by atoms with Crippen LogP contribution in [0.2, 0.25) is 0 Å². The molecule has 0 amide bonds. The van der Waals surface area contributed by atoms with Crippen LogP contribution < -0.4 is 19.5 Å². The quantitative estimate of drug-likeness (QED) is 0.740. The molecule has 4 nitrogen and oxygen atoms in total. The molecule has 0 radical (unpaired) electrons. The Kier molecular flexibility index (Phi) is 5.53. The van der Waals surface area contributed by atoms with Crippen molar-refractivity contribution in [1.29, 1.82) is 0 Å². The molecule has 0 aromatic heterocycles. The van der Waals surface area contributed by atoms with Gasteiger partial charge < -0.3 is 19.5 Å². The van der Waals surface area contributed by atoms with E-state index in [4.69, 9.17) is 14.2 Å². The van der Waals surface area contributed by atoms with Crippen LogP contribution in [0.3, 0.4) is 0 Å². The highest BCUT2D eigenvalue weighted by Crippen LogP contribution is 2.38. The molecular formula is C16H25NO3. The number of hydrogen-bond acceptors (Lipinski definition) is 4. The Morgan fingerprint density at radius 1 is 1.20 bits per heavy atom. The van der Waals surface area contributed by atoms with Crippen molar-refractivity contribution in [3.8, 4) is 17.2 Å². The van der Waals surface area contributed by atoms with Gasteiger partial charge >= 0.3 is 0 Å². The van der Waals surface area contributed by atoms with Gasteiger partial charge in [-0.2, -0.15) is 0 Å². The number of hydrogen-bond donors (Lipinski definition) is 1. The third-order valence-corrected chi connectivity index (χ3v) is 3.32. The first kappa shape index (κ1) is 15.0. The summed E-state index contributed by atoms with van der Waals surface area (Å²) in [5.41, 5.74) is 1.13. The van der Waals surface area contributed by atoms with Crippen molar-refractivity contribution < 1.29 is 14.2 Å². The van der Waals surface area contributed by atoms with E-state index in [0.29, 0.717) is 6.79 Å². The van der Waals surface area contributed by atoms with Crippen LogP contribution >= 0.6 is 0 Å². The molecule has 0 fully saturated rings. The Balaban J connectivity index is 2.13. The SMILES string of the molecule is CCCNCc1cc2c(cc1OC(C)CCC)OCO2. The van der Waals surface area contributed by atoms with E-state index in [2.05, 4.69) is 26.1 Å². The van der Waals surface area contributed by atoms with Crippen molar-refractivity contribution >= 4 is 0 Å². The third-order valence-electron chi connectivity index (χ3n) is 3.32. The molecule has 0 bridgehead atoms. The van der Waals surface area contributed by atoms with Gasteiger partial charge in [-0.25, -0.2) is 0 Å². The second-order valence-corrected chi connectivity index (χ2v) is 5.21. The van der Waals surface area contributed by atoms with Crippen LogP contribution in [0.1, 0.15) is 45.6 Å². The molecule has 1 N–H and O–H groups in total. The lowest BCUT2D eigenvalue weighted by Crippen LogP contribution is -2.17. The smallest absolute Gasteiger partial charge is 0.231 e. The zero-order chi connectivity index (χ0) is 14.4. The Morgan fingerprint density at radius 3 is 2.65 bits per heavy atom. The maximum Gasteiger partial charge on any atom is 0.231 e. The van der Waals surface area contributed by atoms with Crippen molar-refractivity contribution in [2.45, 2.75) is 52.7 Å². The van der Waals surface area contributed by atoms with E-state index in [1.54, 1.807) is 0 Å². The zero-order valence-electron chi connectivity index (χ0n) is 12.7. The molecule has 1 aromatic rings. The van der Waals surface area contributed by atoms with Crippen LogP contribution in [0, 0.1) is 0 Å². The molecule has 0 saturated carbocycles. The molecule has 0 saturated heterocycles. The second-order valence-electron chi connectivity index (χ2n) is 5.21. The van der Waals surface area contributed by atoms with E-state index in [1.807, 2.05) is 12.1 Å². The molecule has 0 spiro atoms. The molecule has 4 heteroatoms. The number of nitrogens with one attached hydrogen (secondary N) is 1. The molecule has 112 valence electrons. The molecule has 2 rings (SSSR count). The average molecular weight is 279 g/mol. The Hall–Kier alpha value is -1.42. The van der Waals surface area contributed by atoms with Gasteiger partial charge in [0.05, 0.1) is 6.10 Å². The molecule has 1 heterocycles. The van der Waals surface area contributed by atoms with Gasteiger partial charge in [0.1, 0.15) is 5.75 Å². The monoisotopic (exact) mass is 279 g/mol. The minimum absolute atomic E-state index is 0.213. The van der Waals surface area contributed by atoms with Crippen LogP contribution in [0.5, 0.6) is 17.2 Å². The van der Waals surface area contributed by atoms with Crippen molar-refractivity contribution in [2.75, 3.05) is 13.3 Å². The van der Waals surface area contributed by atoms with E-state index in [9.17, 15) is 0 Å². The van der Waals surface area contributed by atoms with Gasteiger partial charge in [0, 0.05) is 18.2 Å². The maximum absolute atomic E-state index is 6.07. The van der Waals surface area contributed by atoms with Crippen LogP contribution in [-0.2, 0) is 6.54 Å². The summed E-state index contributed by atoms with van der Waals surface area (Å²) in [6, 6.07) is 3.98. The Labute approximate surface area is 121 Å². The summed E-state index contributed by atoms with van der Waals surface area (Å²) in [6.07, 6.45) is 3.50. The summed E-state index contributed by atoms with van der Waals surface area (Å²) in [5, 5.41) is 3.41. The molecule has 1 aliphatic heterocycles. The summed E-state index contributed by atoms with van der Waals surface area (Å²) in [5.74, 6) is 2.50. The predicted octanol–water partition coefficient (Wildman–Crippen LogP) is 3.48. The largest absolute Gasteiger partial charge is 0.490 e. The summed E-state index contributed by atoms with van der Waals surface area (Å²) in [4.78, 5) is 0. The standard InChI is InChI=1S/C16H25NO3/c1-4-6-12(3)20-14-9-16-15(18-11-19-16)8-13(14)10-17-7-5-2/h8-9,12,17H,4-7,10-11H2,1-3H3. The molecule has 1 atom stereocenters. The maximum atomic E-state index is 6.07. The van der Waals surface area contributed by atoms with Crippen molar-refractivity contribution in [3.63, 3.8) is 0 Å². The van der Waals surface area contributed by atoms with Gasteiger partial charge in [-0.05, 0) is 32.4 Å². The zero-order valence-corrected chi connectivity index (χ0v) is 12.7. The molecule has 1 aliphatic rings. The molecule has 1 unspecified atom stereocenters. The first-order chi connectivity index (χ1) is 9.74.